The number of phenols is 1. The molecule has 0 atom stereocenters. The molecule has 1 N–H and O–H groups in total. The second-order valence-corrected chi connectivity index (χ2v) is 3.65. The minimum absolute atomic E-state index is 0.178. The van der Waals surface area contributed by atoms with Crippen LogP contribution in [0.2, 0.25) is 0 Å². The lowest BCUT2D eigenvalue weighted by molar-refractivity contribution is 0.463. The van der Waals surface area contributed by atoms with Gasteiger partial charge in [-0.25, -0.2) is 4.39 Å². The van der Waals surface area contributed by atoms with Crippen molar-refractivity contribution in [1.29, 1.82) is 0 Å². The van der Waals surface area contributed by atoms with Crippen LogP contribution in [0, 0.1) is 5.82 Å². The number of alkyl halides is 1. The molecule has 0 amide bonds. The van der Waals surface area contributed by atoms with Gasteiger partial charge in [0.05, 0.1) is 0 Å². The number of rotatable bonds is 5. The Kier molecular flexibility index (Phi) is 4.74. The van der Waals surface area contributed by atoms with Crippen LogP contribution in [0.1, 0.15) is 24.8 Å². The largest absolute Gasteiger partial charge is 0.508 e. The summed E-state index contributed by atoms with van der Waals surface area (Å²) in [5.74, 6) is 0.544. The van der Waals surface area contributed by atoms with Crippen molar-refractivity contribution in [1.82, 2.24) is 0 Å². The van der Waals surface area contributed by atoms with Crippen LogP contribution in [-0.4, -0.2) is 11.0 Å². The molecule has 1 aromatic rings. The zero-order valence-electron chi connectivity index (χ0n) is 7.97. The number of phenolic OH excluding ortho intramolecular Hbond substituents is 1. The van der Waals surface area contributed by atoms with Crippen molar-refractivity contribution in [2.75, 3.05) is 5.88 Å². The third-order valence-corrected chi connectivity index (χ3v) is 2.39. The minimum Gasteiger partial charge on any atom is -0.508 e. The second kappa shape index (κ2) is 5.86. The molecule has 0 saturated heterocycles. The summed E-state index contributed by atoms with van der Waals surface area (Å²) in [6.07, 6.45) is 3.63. The molecule has 14 heavy (non-hydrogen) atoms. The highest BCUT2D eigenvalue weighted by Gasteiger charge is 2.02. The molecule has 0 radical (unpaired) electrons. The SMILES string of the molecule is Oc1ccc(F)cc1CCCCCCl. The highest BCUT2D eigenvalue weighted by Crippen LogP contribution is 2.20. The molecule has 1 aromatic carbocycles. The van der Waals surface area contributed by atoms with E-state index >= 15 is 0 Å². The monoisotopic (exact) mass is 216 g/mol. The maximum Gasteiger partial charge on any atom is 0.123 e. The average Bonchev–Trinajstić information content (AvgIpc) is 2.18. The van der Waals surface area contributed by atoms with E-state index in [4.69, 9.17) is 11.6 Å². The van der Waals surface area contributed by atoms with E-state index in [1.54, 1.807) is 0 Å². The summed E-state index contributed by atoms with van der Waals surface area (Å²) in [6, 6.07) is 4.04. The second-order valence-electron chi connectivity index (χ2n) is 3.27. The molecule has 0 heterocycles. The number of unbranched alkanes of at least 4 members (excludes halogenated alkanes) is 2. The molecule has 0 bridgehead atoms. The molecule has 0 aliphatic rings. The predicted molar refractivity (Wildman–Crippen MR) is 56.3 cm³/mol. The van der Waals surface area contributed by atoms with E-state index in [9.17, 15) is 9.50 Å². The molecule has 1 rings (SSSR count). The van der Waals surface area contributed by atoms with E-state index in [0.717, 1.165) is 19.3 Å². The minimum atomic E-state index is -0.296. The van der Waals surface area contributed by atoms with Crippen LogP contribution in [0.15, 0.2) is 18.2 Å². The van der Waals surface area contributed by atoms with E-state index < -0.39 is 0 Å². The van der Waals surface area contributed by atoms with Gasteiger partial charge in [0.2, 0.25) is 0 Å². The number of benzene rings is 1. The molecular weight excluding hydrogens is 203 g/mol. The van der Waals surface area contributed by atoms with Crippen LogP contribution in [0.3, 0.4) is 0 Å². The molecule has 0 unspecified atom stereocenters. The van der Waals surface area contributed by atoms with Crippen LogP contribution in [0.4, 0.5) is 4.39 Å². The third kappa shape index (κ3) is 3.54. The Morgan fingerprint density at radius 2 is 2.00 bits per heavy atom. The van der Waals surface area contributed by atoms with Gasteiger partial charge in [-0.2, -0.15) is 0 Å². The lowest BCUT2D eigenvalue weighted by Gasteiger charge is -2.03. The predicted octanol–water partition coefficient (Wildman–Crippen LogP) is 3.48. The molecule has 0 saturated carbocycles. The van der Waals surface area contributed by atoms with Crippen molar-refractivity contribution in [3.05, 3.63) is 29.6 Å². The fraction of sp³-hybridized carbons (Fsp3) is 0.455. The van der Waals surface area contributed by atoms with E-state index in [-0.39, 0.29) is 11.6 Å². The van der Waals surface area contributed by atoms with Crippen molar-refractivity contribution < 1.29 is 9.50 Å². The zero-order chi connectivity index (χ0) is 10.4. The van der Waals surface area contributed by atoms with E-state index in [1.807, 2.05) is 0 Å². The molecule has 0 fully saturated rings. The Labute approximate surface area is 88.5 Å². The average molecular weight is 217 g/mol. The van der Waals surface area contributed by atoms with E-state index in [2.05, 4.69) is 0 Å². The van der Waals surface area contributed by atoms with Gasteiger partial charge in [0.25, 0.3) is 0 Å². The molecule has 0 spiro atoms. The summed E-state index contributed by atoms with van der Waals surface area (Å²) < 4.78 is 12.8. The highest BCUT2D eigenvalue weighted by molar-refractivity contribution is 6.17. The lowest BCUT2D eigenvalue weighted by atomic mass is 10.1. The van der Waals surface area contributed by atoms with Gasteiger partial charge in [-0.15, -0.1) is 11.6 Å². The van der Waals surface area contributed by atoms with Crippen molar-refractivity contribution in [2.45, 2.75) is 25.7 Å². The first-order valence-corrected chi connectivity index (χ1v) is 5.31. The van der Waals surface area contributed by atoms with Gasteiger partial charge in [0.1, 0.15) is 11.6 Å². The molecule has 3 heteroatoms. The summed E-state index contributed by atoms with van der Waals surface area (Å²) in [7, 11) is 0. The zero-order valence-corrected chi connectivity index (χ0v) is 8.73. The number of aromatic hydroxyl groups is 1. The Hall–Kier alpha value is -0.760. The quantitative estimate of drug-likeness (QED) is 0.590. The fourth-order valence-corrected chi connectivity index (χ4v) is 1.53. The summed E-state index contributed by atoms with van der Waals surface area (Å²) in [5, 5.41) is 9.40. The van der Waals surface area contributed by atoms with Gasteiger partial charge in [0, 0.05) is 5.88 Å². The molecule has 0 aromatic heterocycles. The van der Waals surface area contributed by atoms with Gasteiger partial charge in [-0.1, -0.05) is 6.42 Å². The van der Waals surface area contributed by atoms with Crippen LogP contribution in [0.25, 0.3) is 0 Å². The number of hydrogen-bond acceptors (Lipinski definition) is 1. The first kappa shape index (κ1) is 11.3. The fourth-order valence-electron chi connectivity index (χ4n) is 1.34. The standard InChI is InChI=1S/C11H14ClFO/c12-7-3-1-2-4-9-8-10(13)5-6-11(9)14/h5-6,8,14H,1-4,7H2. The summed E-state index contributed by atoms with van der Waals surface area (Å²) >= 11 is 5.53. The van der Waals surface area contributed by atoms with Crippen LogP contribution in [0.5, 0.6) is 5.75 Å². The van der Waals surface area contributed by atoms with E-state index in [1.165, 1.54) is 18.2 Å². The van der Waals surface area contributed by atoms with Gasteiger partial charge < -0.3 is 5.11 Å². The van der Waals surface area contributed by atoms with Crippen LogP contribution < -0.4 is 0 Å². The topological polar surface area (TPSA) is 20.2 Å². The maximum atomic E-state index is 12.8. The summed E-state index contributed by atoms with van der Waals surface area (Å²) in [6.45, 7) is 0. The van der Waals surface area contributed by atoms with Gasteiger partial charge in [-0.05, 0) is 43.0 Å². The maximum absolute atomic E-state index is 12.8. The number of aryl methyl sites for hydroxylation is 1. The highest BCUT2D eigenvalue weighted by atomic mass is 35.5. The number of hydrogen-bond donors (Lipinski definition) is 1. The molecule has 1 nitrogen and oxygen atoms in total. The Morgan fingerprint density at radius 3 is 2.71 bits per heavy atom. The van der Waals surface area contributed by atoms with Crippen molar-refractivity contribution in [2.24, 2.45) is 0 Å². The smallest absolute Gasteiger partial charge is 0.123 e. The van der Waals surface area contributed by atoms with E-state index in [0.29, 0.717) is 17.9 Å². The first-order valence-electron chi connectivity index (χ1n) is 4.77. The van der Waals surface area contributed by atoms with Crippen molar-refractivity contribution in [3.63, 3.8) is 0 Å². The van der Waals surface area contributed by atoms with Gasteiger partial charge in [0.15, 0.2) is 0 Å². The van der Waals surface area contributed by atoms with Gasteiger partial charge in [-0.3, -0.25) is 0 Å². The van der Waals surface area contributed by atoms with Crippen LogP contribution >= 0.6 is 11.6 Å². The number of halogens is 2. The Morgan fingerprint density at radius 1 is 1.21 bits per heavy atom. The Bertz CT molecular complexity index is 289. The molecule has 0 aliphatic carbocycles. The van der Waals surface area contributed by atoms with Crippen molar-refractivity contribution >= 4 is 11.6 Å². The first-order chi connectivity index (χ1) is 6.74. The van der Waals surface area contributed by atoms with Gasteiger partial charge >= 0.3 is 0 Å². The molecule has 78 valence electrons. The normalized spacial score (nSPS) is 10.4. The molecular formula is C11H14ClFO. The summed E-state index contributed by atoms with van der Waals surface area (Å²) in [4.78, 5) is 0. The van der Waals surface area contributed by atoms with Crippen molar-refractivity contribution in [3.8, 4) is 5.75 Å². The third-order valence-electron chi connectivity index (χ3n) is 2.12. The Balaban J connectivity index is 2.45. The molecule has 0 aliphatic heterocycles. The lowest BCUT2D eigenvalue weighted by Crippen LogP contribution is -1.88. The van der Waals surface area contributed by atoms with Crippen LogP contribution in [-0.2, 0) is 6.42 Å². The summed E-state index contributed by atoms with van der Waals surface area (Å²) in [5.41, 5.74) is 0.680.